The summed E-state index contributed by atoms with van der Waals surface area (Å²) in [7, 11) is -2.75. The van der Waals surface area contributed by atoms with Gasteiger partial charge in [0.25, 0.3) is 0 Å². The van der Waals surface area contributed by atoms with E-state index >= 15 is 0 Å². The van der Waals surface area contributed by atoms with Gasteiger partial charge in [-0.05, 0) is 52.5 Å². The number of anilines is 1. The van der Waals surface area contributed by atoms with Crippen molar-refractivity contribution in [3.63, 3.8) is 0 Å². The van der Waals surface area contributed by atoms with Crippen LogP contribution in [0.5, 0.6) is 0 Å². The Kier molecular flexibility index (Phi) is 7.56. The number of aliphatic hydroxyl groups excluding tert-OH is 1. The fourth-order valence-electron chi connectivity index (χ4n) is 3.75. The number of carbonyl (C=O) groups is 1. The number of ketones is 1. The Morgan fingerprint density at radius 1 is 1.34 bits per heavy atom. The molecule has 1 aliphatic rings. The molecule has 0 radical (unpaired) electrons. The summed E-state index contributed by atoms with van der Waals surface area (Å²) in [6, 6.07) is 5.78. The van der Waals surface area contributed by atoms with E-state index in [0.717, 1.165) is 5.56 Å². The largest absolute Gasteiger partial charge is 0.390 e. The van der Waals surface area contributed by atoms with E-state index in [-0.39, 0.29) is 35.7 Å². The zero-order valence-corrected chi connectivity index (χ0v) is 20.8. The van der Waals surface area contributed by atoms with Gasteiger partial charge in [-0.15, -0.1) is 0 Å². The van der Waals surface area contributed by atoms with Crippen molar-refractivity contribution in [2.24, 2.45) is 0 Å². The molecule has 3 atom stereocenters. The van der Waals surface area contributed by atoms with Crippen LogP contribution in [0.3, 0.4) is 0 Å². The number of nitrogens with zero attached hydrogens (tertiary/aromatic N) is 4. The highest BCUT2D eigenvalue weighted by Crippen LogP contribution is 2.28. The quantitative estimate of drug-likeness (QED) is 0.327. The van der Waals surface area contributed by atoms with Gasteiger partial charge in [-0.25, -0.2) is 14.4 Å². The standard InChI is InChI=1S/C21H22BrFN6O5S/c1-24-35(32,33)34-19-8-13(7-18(19)30)27-21-14(9-25-11-26-21)20(31)17-4-5-29(28-17)10-12-2-3-16(23)15(22)6-12/h2-6,9,11,13,18-19,24,30H,7-8,10H2,1H3,(H,25,26,27)/t13-,18+,19-/m1/s1. The first-order chi connectivity index (χ1) is 16.6. The topological polar surface area (TPSA) is 148 Å². The summed E-state index contributed by atoms with van der Waals surface area (Å²) in [4.78, 5) is 21.2. The number of nitrogens with one attached hydrogen (secondary N) is 2. The van der Waals surface area contributed by atoms with Gasteiger partial charge >= 0.3 is 10.3 Å². The Morgan fingerprint density at radius 3 is 2.89 bits per heavy atom. The van der Waals surface area contributed by atoms with E-state index in [4.69, 9.17) is 4.18 Å². The normalized spacial score (nSPS) is 20.2. The SMILES string of the molecule is CNS(=O)(=O)O[C@@H]1C[C@H](Nc2ncncc2C(=O)c2ccn(Cc3ccc(F)c(Br)c3)n2)C[C@@H]1O. The number of benzene rings is 1. The van der Waals surface area contributed by atoms with Gasteiger partial charge in [-0.3, -0.25) is 13.7 Å². The van der Waals surface area contributed by atoms with E-state index in [0.29, 0.717) is 11.0 Å². The minimum atomic E-state index is -3.96. The van der Waals surface area contributed by atoms with Gasteiger partial charge in [0, 0.05) is 25.5 Å². The third kappa shape index (κ3) is 6.08. The molecule has 1 aliphatic carbocycles. The second-order valence-corrected chi connectivity index (χ2v) is 10.3. The minimum Gasteiger partial charge on any atom is -0.390 e. The molecule has 0 bridgehead atoms. The average molecular weight is 569 g/mol. The summed E-state index contributed by atoms with van der Waals surface area (Å²) >= 11 is 3.15. The van der Waals surface area contributed by atoms with Crippen LogP contribution in [0.25, 0.3) is 0 Å². The molecule has 0 amide bonds. The molecule has 14 heteroatoms. The number of halogens is 2. The first-order valence-corrected chi connectivity index (χ1v) is 12.7. The van der Waals surface area contributed by atoms with Crippen molar-refractivity contribution in [3.8, 4) is 0 Å². The van der Waals surface area contributed by atoms with Gasteiger partial charge < -0.3 is 10.4 Å². The van der Waals surface area contributed by atoms with Crippen LogP contribution in [0.1, 0.15) is 34.5 Å². The fourth-order valence-corrected chi connectivity index (χ4v) is 4.80. The number of aliphatic hydroxyl groups is 1. The van der Waals surface area contributed by atoms with Gasteiger partial charge in [0.05, 0.1) is 22.7 Å². The molecule has 0 saturated heterocycles. The van der Waals surface area contributed by atoms with E-state index in [9.17, 15) is 22.7 Å². The molecule has 0 aliphatic heterocycles. The third-order valence-corrected chi connectivity index (χ3v) is 7.08. The maximum Gasteiger partial charge on any atom is 0.335 e. The van der Waals surface area contributed by atoms with Gasteiger partial charge in [-0.1, -0.05) is 6.07 Å². The molecule has 1 aromatic carbocycles. The van der Waals surface area contributed by atoms with Crippen LogP contribution in [0, 0.1) is 5.82 Å². The third-order valence-electron chi connectivity index (χ3n) is 5.47. The Balaban J connectivity index is 1.46. The predicted octanol–water partition coefficient (Wildman–Crippen LogP) is 1.64. The smallest absolute Gasteiger partial charge is 0.335 e. The average Bonchev–Trinajstić information content (AvgIpc) is 3.42. The number of carbonyl (C=O) groups excluding carboxylic acids is 1. The monoisotopic (exact) mass is 568 g/mol. The number of hydrogen-bond acceptors (Lipinski definition) is 9. The lowest BCUT2D eigenvalue weighted by atomic mass is 10.1. The van der Waals surface area contributed by atoms with Crippen LogP contribution in [0.2, 0.25) is 0 Å². The van der Waals surface area contributed by atoms with E-state index < -0.39 is 34.3 Å². The Morgan fingerprint density at radius 2 is 2.14 bits per heavy atom. The Hall–Kier alpha value is -2.78. The van der Waals surface area contributed by atoms with Crippen molar-refractivity contribution in [3.05, 3.63) is 70.1 Å². The van der Waals surface area contributed by atoms with E-state index in [1.165, 1.54) is 25.6 Å². The van der Waals surface area contributed by atoms with Gasteiger partial charge in [0.15, 0.2) is 0 Å². The van der Waals surface area contributed by atoms with Crippen molar-refractivity contribution in [1.29, 1.82) is 0 Å². The van der Waals surface area contributed by atoms with Crippen molar-refractivity contribution in [2.45, 2.75) is 37.6 Å². The van der Waals surface area contributed by atoms with Crippen molar-refractivity contribution < 1.29 is 26.9 Å². The lowest BCUT2D eigenvalue weighted by Crippen LogP contribution is -2.31. The lowest BCUT2D eigenvalue weighted by Gasteiger charge is -2.15. The van der Waals surface area contributed by atoms with Crippen LogP contribution < -0.4 is 10.0 Å². The molecule has 35 heavy (non-hydrogen) atoms. The molecule has 11 nitrogen and oxygen atoms in total. The van der Waals surface area contributed by atoms with Crippen LogP contribution in [-0.4, -0.2) is 64.4 Å². The maximum absolute atomic E-state index is 13.5. The summed E-state index contributed by atoms with van der Waals surface area (Å²) in [6.07, 6.45) is 2.70. The van der Waals surface area contributed by atoms with Crippen molar-refractivity contribution in [1.82, 2.24) is 24.5 Å². The van der Waals surface area contributed by atoms with Crippen LogP contribution >= 0.6 is 15.9 Å². The Bertz CT molecular complexity index is 1340. The zero-order valence-electron chi connectivity index (χ0n) is 18.4. The first-order valence-electron chi connectivity index (χ1n) is 10.5. The summed E-state index contributed by atoms with van der Waals surface area (Å²) in [5, 5.41) is 17.6. The predicted molar refractivity (Wildman–Crippen MR) is 126 cm³/mol. The van der Waals surface area contributed by atoms with Crippen LogP contribution in [0.15, 0.2) is 47.5 Å². The summed E-state index contributed by atoms with van der Waals surface area (Å²) in [6.45, 7) is 0.333. The van der Waals surface area contributed by atoms with E-state index in [2.05, 4.69) is 36.3 Å². The van der Waals surface area contributed by atoms with Crippen LogP contribution in [-0.2, 0) is 21.0 Å². The second-order valence-electron chi connectivity index (χ2n) is 7.93. The molecule has 3 N–H and O–H groups in total. The van der Waals surface area contributed by atoms with E-state index in [1.807, 2.05) is 4.72 Å². The molecule has 3 aromatic rings. The molecule has 0 spiro atoms. The molecule has 2 heterocycles. The molecule has 186 valence electrons. The highest BCUT2D eigenvalue weighted by atomic mass is 79.9. The van der Waals surface area contributed by atoms with Crippen molar-refractivity contribution in [2.75, 3.05) is 12.4 Å². The van der Waals surface area contributed by atoms with Gasteiger partial charge in [-0.2, -0.15) is 18.2 Å². The summed E-state index contributed by atoms with van der Waals surface area (Å²) in [5.41, 5.74) is 1.13. The first kappa shape index (κ1) is 25.3. The summed E-state index contributed by atoms with van der Waals surface area (Å²) < 4.78 is 45.7. The van der Waals surface area contributed by atoms with Gasteiger partial charge in [0.2, 0.25) is 5.78 Å². The number of rotatable bonds is 9. The van der Waals surface area contributed by atoms with Crippen molar-refractivity contribution >= 4 is 37.8 Å². The molecule has 1 fully saturated rings. The maximum atomic E-state index is 13.5. The molecule has 2 aromatic heterocycles. The number of hydrogen-bond donors (Lipinski definition) is 3. The lowest BCUT2D eigenvalue weighted by molar-refractivity contribution is 0.0636. The highest BCUT2D eigenvalue weighted by Gasteiger charge is 2.37. The molecule has 0 unspecified atom stereocenters. The highest BCUT2D eigenvalue weighted by molar-refractivity contribution is 9.10. The van der Waals surface area contributed by atoms with E-state index in [1.54, 1.807) is 29.1 Å². The zero-order chi connectivity index (χ0) is 25.2. The molecular formula is C21H22BrFN6O5S. The molecule has 1 saturated carbocycles. The minimum absolute atomic E-state index is 0.164. The summed E-state index contributed by atoms with van der Waals surface area (Å²) in [5.74, 6) is -0.557. The molecule has 4 rings (SSSR count). The number of aromatic nitrogens is 4. The second kappa shape index (κ2) is 10.5. The Labute approximate surface area is 209 Å². The van der Waals surface area contributed by atoms with Crippen LogP contribution in [0.4, 0.5) is 10.2 Å². The van der Waals surface area contributed by atoms with Gasteiger partial charge in [0.1, 0.15) is 29.8 Å². The fraction of sp³-hybridized carbons (Fsp3) is 0.333. The molecular weight excluding hydrogens is 547 g/mol.